The second-order valence-corrected chi connectivity index (χ2v) is 2.35. The van der Waals surface area contributed by atoms with E-state index in [1.165, 1.54) is 23.9 Å². The average molecular weight is 170 g/mol. The first kappa shape index (κ1) is 8.73. The molecule has 0 spiro atoms. The first-order valence-electron chi connectivity index (χ1n) is 3.49. The van der Waals surface area contributed by atoms with E-state index in [4.69, 9.17) is 4.74 Å². The summed E-state index contributed by atoms with van der Waals surface area (Å²) in [7, 11) is 1.49. The molecule has 1 aromatic heterocycles. The average Bonchev–Trinajstić information content (AvgIpc) is 2.03. The number of aromatic amines is 1. The predicted molar refractivity (Wildman–Crippen MR) is 43.0 cm³/mol. The molecule has 0 fully saturated rings. The van der Waals surface area contributed by atoms with E-state index in [1.807, 2.05) is 0 Å². The van der Waals surface area contributed by atoms with Crippen LogP contribution in [0.15, 0.2) is 21.9 Å². The summed E-state index contributed by atoms with van der Waals surface area (Å²) in [6, 6.07) is 1.27. The van der Waals surface area contributed by atoms with Crippen LogP contribution in [0.5, 0.6) is 0 Å². The lowest BCUT2D eigenvalue weighted by Gasteiger charge is -2.11. The fourth-order valence-electron chi connectivity index (χ4n) is 0.827. The minimum Gasteiger partial charge on any atom is -0.361 e. The number of ether oxygens (including phenoxy) is 1. The second kappa shape index (κ2) is 3.36. The van der Waals surface area contributed by atoms with Crippen LogP contribution >= 0.6 is 0 Å². The van der Waals surface area contributed by atoms with Crippen LogP contribution in [0.4, 0.5) is 0 Å². The number of hydrogen-bond donors (Lipinski definition) is 1. The largest absolute Gasteiger partial charge is 0.361 e. The zero-order valence-corrected chi connectivity index (χ0v) is 6.90. The maximum Gasteiger partial charge on any atom is 0.330 e. The summed E-state index contributed by atoms with van der Waals surface area (Å²) >= 11 is 0. The van der Waals surface area contributed by atoms with Gasteiger partial charge in [0.05, 0.1) is 0 Å². The zero-order valence-electron chi connectivity index (χ0n) is 6.90. The minimum absolute atomic E-state index is 0.366. The monoisotopic (exact) mass is 170 g/mol. The molecule has 1 atom stereocenters. The summed E-state index contributed by atoms with van der Waals surface area (Å²) in [5.41, 5.74) is -0.864. The summed E-state index contributed by atoms with van der Waals surface area (Å²) in [4.78, 5) is 23.8. The number of hydrogen-bond acceptors (Lipinski definition) is 3. The minimum atomic E-state index is -0.461. The Morgan fingerprint density at radius 3 is 2.75 bits per heavy atom. The van der Waals surface area contributed by atoms with Gasteiger partial charge in [0.25, 0.3) is 5.56 Å². The Morgan fingerprint density at radius 2 is 2.25 bits per heavy atom. The highest BCUT2D eigenvalue weighted by atomic mass is 16.5. The maximum atomic E-state index is 11.1. The summed E-state index contributed by atoms with van der Waals surface area (Å²) in [6.07, 6.45) is 1.03. The quantitative estimate of drug-likeness (QED) is 0.662. The number of methoxy groups -OCH3 is 1. The van der Waals surface area contributed by atoms with Crippen molar-refractivity contribution in [1.29, 1.82) is 0 Å². The van der Waals surface area contributed by atoms with Crippen molar-refractivity contribution in [1.82, 2.24) is 9.55 Å². The van der Waals surface area contributed by atoms with Gasteiger partial charge in [0, 0.05) is 19.4 Å². The Kier molecular flexibility index (Phi) is 2.44. The molecule has 1 heterocycles. The summed E-state index contributed by atoms with van der Waals surface area (Å²) in [5, 5.41) is 0. The van der Waals surface area contributed by atoms with E-state index in [-0.39, 0.29) is 6.23 Å². The van der Waals surface area contributed by atoms with Crippen molar-refractivity contribution in [3.63, 3.8) is 0 Å². The molecule has 0 aliphatic heterocycles. The van der Waals surface area contributed by atoms with Crippen molar-refractivity contribution in [3.8, 4) is 0 Å². The Balaban J connectivity index is 3.19. The third-order valence-corrected chi connectivity index (χ3v) is 1.58. The van der Waals surface area contributed by atoms with Gasteiger partial charge in [-0.15, -0.1) is 0 Å². The molecule has 1 rings (SSSR count). The molecule has 0 aliphatic rings. The lowest BCUT2D eigenvalue weighted by molar-refractivity contribution is 0.0563. The van der Waals surface area contributed by atoms with E-state index in [1.54, 1.807) is 6.92 Å². The smallest absolute Gasteiger partial charge is 0.330 e. The molecular weight excluding hydrogens is 160 g/mol. The predicted octanol–water partition coefficient (Wildman–Crippen LogP) is -0.298. The van der Waals surface area contributed by atoms with Crippen molar-refractivity contribution >= 4 is 0 Å². The van der Waals surface area contributed by atoms with Crippen LogP contribution in [-0.4, -0.2) is 16.7 Å². The van der Waals surface area contributed by atoms with E-state index < -0.39 is 11.2 Å². The number of nitrogens with one attached hydrogen (secondary N) is 1. The van der Waals surface area contributed by atoms with Crippen molar-refractivity contribution in [3.05, 3.63) is 33.1 Å². The Labute approximate surface area is 68.6 Å². The molecule has 0 saturated heterocycles. The SMILES string of the molecule is COC(C)n1ccc(=O)[nH]c1=O. The molecule has 0 aromatic carbocycles. The fourth-order valence-corrected chi connectivity index (χ4v) is 0.827. The van der Waals surface area contributed by atoms with Crippen LogP contribution in [0.1, 0.15) is 13.2 Å². The van der Waals surface area contributed by atoms with E-state index in [0.717, 1.165) is 0 Å². The lowest BCUT2D eigenvalue weighted by atomic mass is 10.5. The summed E-state index contributed by atoms with van der Waals surface area (Å²) < 4.78 is 6.19. The molecule has 0 amide bonds. The Hall–Kier alpha value is -1.36. The van der Waals surface area contributed by atoms with Gasteiger partial charge >= 0.3 is 5.69 Å². The van der Waals surface area contributed by atoms with Crippen LogP contribution in [0, 0.1) is 0 Å². The molecule has 1 N–H and O–H groups in total. The first-order valence-corrected chi connectivity index (χ1v) is 3.49. The lowest BCUT2D eigenvalue weighted by Crippen LogP contribution is -2.31. The van der Waals surface area contributed by atoms with Crippen molar-refractivity contribution in [2.24, 2.45) is 0 Å². The van der Waals surface area contributed by atoms with Crippen LogP contribution < -0.4 is 11.2 Å². The topological polar surface area (TPSA) is 64.1 Å². The van der Waals surface area contributed by atoms with E-state index in [0.29, 0.717) is 0 Å². The highest BCUT2D eigenvalue weighted by Crippen LogP contribution is 1.98. The summed E-state index contributed by atoms with van der Waals surface area (Å²) in [6.45, 7) is 1.71. The zero-order chi connectivity index (χ0) is 9.14. The van der Waals surface area contributed by atoms with Gasteiger partial charge in [-0.25, -0.2) is 4.79 Å². The number of nitrogens with zero attached hydrogens (tertiary/aromatic N) is 1. The highest BCUT2D eigenvalue weighted by molar-refractivity contribution is 4.83. The fraction of sp³-hybridized carbons (Fsp3) is 0.429. The van der Waals surface area contributed by atoms with Crippen LogP contribution in [0.2, 0.25) is 0 Å². The number of H-pyrrole nitrogens is 1. The van der Waals surface area contributed by atoms with Crippen molar-refractivity contribution in [2.75, 3.05) is 7.11 Å². The molecule has 0 aliphatic carbocycles. The second-order valence-electron chi connectivity index (χ2n) is 2.35. The van der Waals surface area contributed by atoms with E-state index in [9.17, 15) is 9.59 Å². The van der Waals surface area contributed by atoms with Gasteiger partial charge in [0.1, 0.15) is 6.23 Å². The molecule has 0 radical (unpaired) electrons. The molecule has 5 nitrogen and oxygen atoms in total. The third kappa shape index (κ3) is 1.62. The molecular formula is C7H10N2O3. The van der Waals surface area contributed by atoms with Crippen LogP contribution in [-0.2, 0) is 4.74 Å². The van der Waals surface area contributed by atoms with Crippen molar-refractivity contribution in [2.45, 2.75) is 13.2 Å². The molecule has 1 unspecified atom stereocenters. The van der Waals surface area contributed by atoms with Crippen molar-refractivity contribution < 1.29 is 4.74 Å². The highest BCUT2D eigenvalue weighted by Gasteiger charge is 2.03. The summed E-state index contributed by atoms with van der Waals surface area (Å²) in [5.74, 6) is 0. The van der Waals surface area contributed by atoms with Gasteiger partial charge in [0.15, 0.2) is 0 Å². The third-order valence-electron chi connectivity index (χ3n) is 1.58. The van der Waals surface area contributed by atoms with Gasteiger partial charge in [-0.1, -0.05) is 0 Å². The molecule has 66 valence electrons. The van der Waals surface area contributed by atoms with E-state index in [2.05, 4.69) is 4.98 Å². The van der Waals surface area contributed by atoms with Gasteiger partial charge in [0.2, 0.25) is 0 Å². The molecule has 1 aromatic rings. The van der Waals surface area contributed by atoms with Crippen LogP contribution in [0.3, 0.4) is 0 Å². The van der Waals surface area contributed by atoms with Gasteiger partial charge < -0.3 is 4.74 Å². The van der Waals surface area contributed by atoms with Gasteiger partial charge in [-0.2, -0.15) is 0 Å². The molecule has 0 bridgehead atoms. The van der Waals surface area contributed by atoms with E-state index >= 15 is 0 Å². The normalized spacial score (nSPS) is 12.8. The van der Waals surface area contributed by atoms with Gasteiger partial charge in [-0.3, -0.25) is 14.3 Å². The van der Waals surface area contributed by atoms with Gasteiger partial charge in [-0.05, 0) is 6.92 Å². The first-order chi connectivity index (χ1) is 5.65. The van der Waals surface area contributed by atoms with Crippen LogP contribution in [0.25, 0.3) is 0 Å². The molecule has 5 heteroatoms. The molecule has 12 heavy (non-hydrogen) atoms. The Morgan fingerprint density at radius 1 is 1.58 bits per heavy atom. The molecule has 0 saturated carbocycles. The number of aromatic nitrogens is 2. The Bertz CT molecular complexity index is 365. The number of rotatable bonds is 2. The maximum absolute atomic E-state index is 11.1. The standard InChI is InChI=1S/C7H10N2O3/c1-5(12-2)9-4-3-6(10)8-7(9)11/h3-5H,1-2H3,(H,8,10,11).